The number of amides is 1. The molecule has 1 N–H and O–H groups in total. The third kappa shape index (κ3) is 3.28. The molecule has 0 bridgehead atoms. The number of aryl methyl sites for hydroxylation is 1. The first kappa shape index (κ1) is 15.6. The minimum Gasteiger partial charge on any atom is -0.321 e. The quantitative estimate of drug-likeness (QED) is 0.874. The summed E-state index contributed by atoms with van der Waals surface area (Å²) in [5.41, 5.74) is 0.706. The zero-order valence-corrected chi connectivity index (χ0v) is 12.7. The van der Waals surface area contributed by atoms with Crippen molar-refractivity contribution in [2.24, 2.45) is 13.0 Å². The van der Waals surface area contributed by atoms with Gasteiger partial charge in [-0.1, -0.05) is 13.8 Å². The molecule has 2 aromatic rings. The van der Waals surface area contributed by atoms with Gasteiger partial charge in [0.2, 0.25) is 0 Å². The van der Waals surface area contributed by atoms with Crippen LogP contribution in [0.4, 0.5) is 5.69 Å². The fourth-order valence-corrected chi connectivity index (χ4v) is 1.90. The minimum atomic E-state index is -0.443. The van der Waals surface area contributed by atoms with Gasteiger partial charge in [0.15, 0.2) is 5.78 Å². The Morgan fingerprint density at radius 3 is 2.64 bits per heavy atom. The molecule has 0 saturated carbocycles. The standard InChI is InChI=1S/C16H17N3O3/c1-10(2)15(21)12-9-17-6-4-13(12)18-16(22)11-5-7-19(3)14(20)8-11/h4-10H,1-3H3,(H,17,18,22). The molecular weight excluding hydrogens is 282 g/mol. The molecule has 6 heteroatoms. The van der Waals surface area contributed by atoms with Crippen LogP contribution in [-0.2, 0) is 7.05 Å². The predicted octanol–water partition coefficient (Wildman–Crippen LogP) is 1.87. The average molecular weight is 299 g/mol. The first-order valence-electron chi connectivity index (χ1n) is 6.86. The van der Waals surface area contributed by atoms with Gasteiger partial charge in [0.1, 0.15) is 0 Å². The molecule has 2 heterocycles. The van der Waals surface area contributed by atoms with Crippen molar-refractivity contribution >= 4 is 17.4 Å². The molecule has 0 aliphatic rings. The summed E-state index contributed by atoms with van der Waals surface area (Å²) >= 11 is 0. The Morgan fingerprint density at radius 2 is 2.00 bits per heavy atom. The van der Waals surface area contributed by atoms with Crippen LogP contribution in [0.1, 0.15) is 34.6 Å². The number of anilines is 1. The van der Waals surface area contributed by atoms with Crippen LogP contribution in [-0.4, -0.2) is 21.2 Å². The van der Waals surface area contributed by atoms with Crippen molar-refractivity contribution in [2.75, 3.05) is 5.32 Å². The van der Waals surface area contributed by atoms with Gasteiger partial charge in [-0.05, 0) is 12.1 Å². The number of ketones is 1. The minimum absolute atomic E-state index is 0.104. The van der Waals surface area contributed by atoms with E-state index in [0.717, 1.165) is 0 Å². The summed E-state index contributed by atoms with van der Waals surface area (Å²) in [6, 6.07) is 4.36. The number of hydrogen-bond donors (Lipinski definition) is 1. The number of nitrogens with one attached hydrogen (secondary N) is 1. The van der Waals surface area contributed by atoms with Crippen molar-refractivity contribution in [3.63, 3.8) is 0 Å². The van der Waals surface area contributed by atoms with Crippen molar-refractivity contribution in [1.29, 1.82) is 0 Å². The Kier molecular flexibility index (Phi) is 4.50. The van der Waals surface area contributed by atoms with Gasteiger partial charge in [-0.3, -0.25) is 19.4 Å². The summed E-state index contributed by atoms with van der Waals surface area (Å²) in [4.78, 5) is 39.9. The summed E-state index contributed by atoms with van der Waals surface area (Å²) in [5.74, 6) is -0.752. The highest BCUT2D eigenvalue weighted by molar-refractivity contribution is 6.09. The molecule has 0 atom stereocenters. The second kappa shape index (κ2) is 6.34. The molecule has 2 rings (SSSR count). The molecule has 1 amide bonds. The maximum atomic E-state index is 12.2. The number of carbonyl (C=O) groups excluding carboxylic acids is 2. The Balaban J connectivity index is 2.31. The van der Waals surface area contributed by atoms with E-state index in [1.54, 1.807) is 33.0 Å². The molecule has 0 aliphatic heterocycles. The molecule has 22 heavy (non-hydrogen) atoms. The number of hydrogen-bond acceptors (Lipinski definition) is 4. The van der Waals surface area contributed by atoms with E-state index in [9.17, 15) is 14.4 Å². The van der Waals surface area contributed by atoms with E-state index in [2.05, 4.69) is 10.3 Å². The first-order valence-corrected chi connectivity index (χ1v) is 6.86. The van der Waals surface area contributed by atoms with Crippen LogP contribution in [0.25, 0.3) is 0 Å². The van der Waals surface area contributed by atoms with E-state index in [4.69, 9.17) is 0 Å². The fourth-order valence-electron chi connectivity index (χ4n) is 1.90. The van der Waals surface area contributed by atoms with E-state index < -0.39 is 5.91 Å². The first-order chi connectivity index (χ1) is 10.4. The molecule has 0 aromatic carbocycles. The lowest BCUT2D eigenvalue weighted by atomic mass is 10.0. The monoisotopic (exact) mass is 299 g/mol. The molecule has 0 spiro atoms. The van der Waals surface area contributed by atoms with Crippen molar-refractivity contribution < 1.29 is 9.59 Å². The van der Waals surface area contributed by atoms with E-state index in [1.165, 1.54) is 29.2 Å². The number of pyridine rings is 2. The number of rotatable bonds is 4. The molecule has 0 unspecified atom stereocenters. The van der Waals surface area contributed by atoms with Crippen LogP contribution >= 0.6 is 0 Å². The van der Waals surface area contributed by atoms with Gasteiger partial charge in [-0.15, -0.1) is 0 Å². The van der Waals surface area contributed by atoms with E-state index in [1.807, 2.05) is 0 Å². The lowest BCUT2D eigenvalue weighted by Crippen LogP contribution is -2.21. The van der Waals surface area contributed by atoms with Crippen LogP contribution in [0.15, 0.2) is 41.6 Å². The van der Waals surface area contributed by atoms with Gasteiger partial charge >= 0.3 is 0 Å². The Morgan fingerprint density at radius 1 is 1.27 bits per heavy atom. The number of aromatic nitrogens is 2. The number of Topliss-reactive ketones (excluding diaryl/α,β-unsaturated/α-hetero) is 1. The zero-order valence-electron chi connectivity index (χ0n) is 12.7. The molecular formula is C16H17N3O3. The molecule has 0 aliphatic carbocycles. The second-order valence-corrected chi connectivity index (χ2v) is 5.26. The lowest BCUT2D eigenvalue weighted by molar-refractivity contribution is 0.0940. The molecule has 114 valence electrons. The van der Waals surface area contributed by atoms with Gasteiger partial charge < -0.3 is 9.88 Å². The smallest absolute Gasteiger partial charge is 0.255 e. The van der Waals surface area contributed by atoms with Gasteiger partial charge in [0.05, 0.1) is 11.3 Å². The Labute approximate surface area is 127 Å². The van der Waals surface area contributed by atoms with Gasteiger partial charge in [-0.2, -0.15) is 0 Å². The van der Waals surface area contributed by atoms with Crippen molar-refractivity contribution in [3.8, 4) is 0 Å². The SMILES string of the molecule is CC(C)C(=O)c1cnccc1NC(=O)c1ccn(C)c(=O)c1. The maximum absolute atomic E-state index is 12.2. The maximum Gasteiger partial charge on any atom is 0.255 e. The average Bonchev–Trinajstić information content (AvgIpc) is 2.49. The summed E-state index contributed by atoms with van der Waals surface area (Å²) in [5, 5.41) is 2.66. The molecule has 0 radical (unpaired) electrons. The highest BCUT2D eigenvalue weighted by atomic mass is 16.2. The second-order valence-electron chi connectivity index (χ2n) is 5.26. The van der Waals surface area contributed by atoms with Gasteiger partial charge in [0.25, 0.3) is 11.5 Å². The van der Waals surface area contributed by atoms with Crippen LogP contribution in [0.5, 0.6) is 0 Å². The topological polar surface area (TPSA) is 81.1 Å². The van der Waals surface area contributed by atoms with Crippen LogP contribution in [0, 0.1) is 5.92 Å². The molecule has 2 aromatic heterocycles. The van der Waals surface area contributed by atoms with Crippen LogP contribution < -0.4 is 10.9 Å². The van der Waals surface area contributed by atoms with Crippen molar-refractivity contribution in [1.82, 2.24) is 9.55 Å². The Hall–Kier alpha value is -2.76. The van der Waals surface area contributed by atoms with Crippen molar-refractivity contribution in [3.05, 3.63) is 58.3 Å². The summed E-state index contributed by atoms with van der Waals surface area (Å²) in [6.45, 7) is 3.56. The molecule has 0 fully saturated rings. The largest absolute Gasteiger partial charge is 0.321 e. The summed E-state index contributed by atoms with van der Waals surface area (Å²) in [6.07, 6.45) is 4.45. The van der Waals surface area contributed by atoms with Crippen molar-refractivity contribution in [2.45, 2.75) is 13.8 Å². The third-order valence-electron chi connectivity index (χ3n) is 3.23. The predicted molar refractivity (Wildman–Crippen MR) is 83.0 cm³/mol. The lowest BCUT2D eigenvalue weighted by Gasteiger charge is -2.11. The fraction of sp³-hybridized carbons (Fsp3) is 0.250. The normalized spacial score (nSPS) is 10.5. The Bertz CT molecular complexity index is 778. The number of nitrogens with zero attached hydrogens (tertiary/aromatic N) is 2. The van der Waals surface area contributed by atoms with E-state index >= 15 is 0 Å². The highest BCUT2D eigenvalue weighted by Crippen LogP contribution is 2.18. The van der Waals surface area contributed by atoms with E-state index in [-0.39, 0.29) is 22.8 Å². The summed E-state index contributed by atoms with van der Waals surface area (Å²) in [7, 11) is 1.60. The highest BCUT2D eigenvalue weighted by Gasteiger charge is 2.17. The summed E-state index contributed by atoms with van der Waals surface area (Å²) < 4.78 is 1.37. The van der Waals surface area contributed by atoms with Crippen LogP contribution in [0.2, 0.25) is 0 Å². The number of carbonyl (C=O) groups is 2. The third-order valence-corrected chi connectivity index (χ3v) is 3.23. The van der Waals surface area contributed by atoms with Gasteiger partial charge in [0, 0.05) is 43.2 Å². The molecule has 0 saturated heterocycles. The van der Waals surface area contributed by atoms with Crippen LogP contribution in [0.3, 0.4) is 0 Å². The van der Waals surface area contributed by atoms with E-state index in [0.29, 0.717) is 11.3 Å². The van der Waals surface area contributed by atoms with Gasteiger partial charge in [-0.25, -0.2) is 0 Å². The zero-order chi connectivity index (χ0) is 16.3. The molecule has 6 nitrogen and oxygen atoms in total.